The van der Waals surface area contributed by atoms with Gasteiger partial charge in [0.05, 0.1) is 18.8 Å². The molecule has 0 saturated heterocycles. The number of hydrogen-bond donors (Lipinski definition) is 0. The van der Waals surface area contributed by atoms with Crippen molar-refractivity contribution in [3.8, 4) is 0 Å². The number of aromatic nitrogens is 3. The molecule has 154 valence electrons. The normalized spacial score (nSPS) is 17.0. The summed E-state index contributed by atoms with van der Waals surface area (Å²) in [6.45, 7) is 12.4. The SMILES string of the molecule is [C-]#[N+]c1c(F)ccc2c1CN(CC)c1ccn3ncc(c3n1)C(=O)OC[C@H](C)N2C. The number of carbonyl (C=O) groups excluding carboxylic acids is 1. The van der Waals surface area contributed by atoms with Gasteiger partial charge in [0.1, 0.15) is 23.8 Å². The smallest absolute Gasteiger partial charge is 0.343 e. The fourth-order valence-corrected chi connectivity index (χ4v) is 3.55. The van der Waals surface area contributed by atoms with E-state index < -0.39 is 11.8 Å². The Morgan fingerprint density at radius 2 is 2.17 bits per heavy atom. The third-order valence-electron chi connectivity index (χ3n) is 5.45. The predicted molar refractivity (Wildman–Crippen MR) is 111 cm³/mol. The second kappa shape index (κ2) is 7.63. The summed E-state index contributed by atoms with van der Waals surface area (Å²) in [4.78, 5) is 24.6. The van der Waals surface area contributed by atoms with E-state index in [2.05, 4.69) is 14.9 Å². The van der Waals surface area contributed by atoms with E-state index in [9.17, 15) is 9.18 Å². The van der Waals surface area contributed by atoms with Gasteiger partial charge in [-0.25, -0.2) is 23.5 Å². The minimum absolute atomic E-state index is 0.0111. The summed E-state index contributed by atoms with van der Waals surface area (Å²) in [5, 5.41) is 4.18. The predicted octanol–water partition coefficient (Wildman–Crippen LogP) is 3.44. The maximum absolute atomic E-state index is 14.5. The van der Waals surface area contributed by atoms with E-state index in [0.717, 1.165) is 0 Å². The van der Waals surface area contributed by atoms with Crippen molar-refractivity contribution in [3.63, 3.8) is 0 Å². The molecule has 1 aliphatic heterocycles. The molecule has 9 heteroatoms. The molecule has 0 amide bonds. The van der Waals surface area contributed by atoms with Gasteiger partial charge in [-0.1, -0.05) is 0 Å². The number of likely N-dealkylation sites (N-methyl/N-ethyl adjacent to an activating group) is 1. The lowest BCUT2D eigenvalue weighted by atomic mass is 10.1. The van der Waals surface area contributed by atoms with E-state index in [-0.39, 0.29) is 23.9 Å². The molecule has 2 aromatic heterocycles. The number of esters is 1. The quantitative estimate of drug-likeness (QED) is 0.454. The Bertz CT molecular complexity index is 1170. The van der Waals surface area contributed by atoms with Gasteiger partial charge in [-0.15, -0.1) is 0 Å². The summed E-state index contributed by atoms with van der Waals surface area (Å²) in [5.41, 5.74) is 1.95. The van der Waals surface area contributed by atoms with E-state index in [0.29, 0.717) is 35.8 Å². The monoisotopic (exact) mass is 408 g/mol. The second-order valence-corrected chi connectivity index (χ2v) is 7.19. The first kappa shape index (κ1) is 19.6. The Kier molecular flexibility index (Phi) is 4.99. The highest BCUT2D eigenvalue weighted by Crippen LogP contribution is 2.35. The number of halogens is 1. The van der Waals surface area contributed by atoms with Gasteiger partial charge in [0, 0.05) is 37.6 Å². The van der Waals surface area contributed by atoms with Crippen LogP contribution in [0, 0.1) is 12.4 Å². The van der Waals surface area contributed by atoms with Gasteiger partial charge in [0.15, 0.2) is 5.65 Å². The standard InChI is InChI=1S/C21H21FN6O2/c1-5-27-11-15-17(7-6-16(22)19(15)23-3)26(4)13(2)12-30-21(29)14-10-24-28-9-8-18(27)25-20(14)28/h6-10,13H,5,11-12H2,1-2,4H3/t13-/m0/s1. The van der Waals surface area contributed by atoms with Crippen molar-refractivity contribution in [2.75, 3.05) is 30.0 Å². The van der Waals surface area contributed by atoms with E-state index >= 15 is 0 Å². The zero-order valence-electron chi connectivity index (χ0n) is 17.0. The van der Waals surface area contributed by atoms with Gasteiger partial charge in [0.25, 0.3) is 0 Å². The average molecular weight is 408 g/mol. The molecule has 4 rings (SSSR count). The molecule has 0 fully saturated rings. The Morgan fingerprint density at radius 3 is 2.90 bits per heavy atom. The Labute approximate surface area is 173 Å². The van der Waals surface area contributed by atoms with E-state index in [4.69, 9.17) is 11.3 Å². The highest BCUT2D eigenvalue weighted by atomic mass is 19.1. The van der Waals surface area contributed by atoms with Gasteiger partial charge in [-0.2, -0.15) is 5.10 Å². The molecule has 0 radical (unpaired) electrons. The first-order valence-corrected chi connectivity index (χ1v) is 9.62. The van der Waals surface area contributed by atoms with Crippen LogP contribution in [0.2, 0.25) is 0 Å². The maximum atomic E-state index is 14.5. The zero-order chi connectivity index (χ0) is 21.4. The van der Waals surface area contributed by atoms with E-state index in [1.807, 2.05) is 30.7 Å². The Morgan fingerprint density at radius 1 is 1.37 bits per heavy atom. The van der Waals surface area contributed by atoms with Gasteiger partial charge < -0.3 is 14.5 Å². The summed E-state index contributed by atoms with van der Waals surface area (Å²) in [6, 6.07) is 4.55. The first-order chi connectivity index (χ1) is 14.4. The van der Waals surface area contributed by atoms with Crippen molar-refractivity contribution < 1.29 is 13.9 Å². The molecule has 2 bridgehead atoms. The second-order valence-electron chi connectivity index (χ2n) is 7.19. The van der Waals surface area contributed by atoms with Crippen molar-refractivity contribution in [3.05, 3.63) is 59.0 Å². The molecule has 0 N–H and O–H groups in total. The minimum atomic E-state index is -0.557. The number of hydrogen-bond acceptors (Lipinski definition) is 6. The summed E-state index contributed by atoms with van der Waals surface area (Å²) < 4.78 is 21.5. The van der Waals surface area contributed by atoms with Crippen LogP contribution in [0.25, 0.3) is 10.5 Å². The molecule has 0 unspecified atom stereocenters. The van der Waals surface area contributed by atoms with Crippen LogP contribution in [0.5, 0.6) is 0 Å². The largest absolute Gasteiger partial charge is 0.460 e. The Balaban J connectivity index is 1.93. The molecular weight excluding hydrogens is 387 g/mol. The summed E-state index contributed by atoms with van der Waals surface area (Å²) >= 11 is 0. The molecule has 0 aliphatic carbocycles. The molecule has 8 nitrogen and oxygen atoms in total. The topological polar surface area (TPSA) is 67.3 Å². The first-order valence-electron chi connectivity index (χ1n) is 9.62. The number of nitrogens with zero attached hydrogens (tertiary/aromatic N) is 6. The fraction of sp³-hybridized carbons (Fsp3) is 0.333. The molecule has 0 saturated carbocycles. The van der Waals surface area contributed by atoms with E-state index in [1.165, 1.54) is 16.8 Å². The molecule has 3 aromatic rings. The molecule has 0 spiro atoms. The number of ether oxygens (including phenoxy) is 1. The molecule has 1 aromatic carbocycles. The number of fused-ring (bicyclic) bond motifs is 2. The van der Waals surface area contributed by atoms with Crippen LogP contribution in [0.4, 0.5) is 21.6 Å². The van der Waals surface area contributed by atoms with Gasteiger partial charge in [0.2, 0.25) is 5.69 Å². The molecule has 3 heterocycles. The van der Waals surface area contributed by atoms with Crippen LogP contribution in [-0.4, -0.2) is 46.8 Å². The lowest BCUT2D eigenvalue weighted by Gasteiger charge is -2.31. The van der Waals surface area contributed by atoms with E-state index in [1.54, 1.807) is 18.3 Å². The van der Waals surface area contributed by atoms with Crippen molar-refractivity contribution in [2.45, 2.75) is 26.4 Å². The zero-order valence-corrected chi connectivity index (χ0v) is 17.0. The summed E-state index contributed by atoms with van der Waals surface area (Å²) in [7, 11) is 1.84. The number of carbonyl (C=O) groups is 1. The third kappa shape index (κ3) is 3.20. The number of rotatable bonds is 1. The highest BCUT2D eigenvalue weighted by Gasteiger charge is 2.25. The van der Waals surface area contributed by atoms with Gasteiger partial charge in [-0.05, 0) is 32.0 Å². The van der Waals surface area contributed by atoms with Crippen molar-refractivity contribution in [1.82, 2.24) is 14.6 Å². The molecule has 1 aliphatic rings. The number of anilines is 2. The van der Waals surface area contributed by atoms with Crippen LogP contribution in [0.3, 0.4) is 0 Å². The Hall–Kier alpha value is -3.67. The molecular formula is C21H21FN6O2. The number of cyclic esters (lactones) is 1. The third-order valence-corrected chi connectivity index (χ3v) is 5.45. The minimum Gasteiger partial charge on any atom is -0.460 e. The van der Waals surface area contributed by atoms with Crippen LogP contribution in [0.1, 0.15) is 29.8 Å². The lowest BCUT2D eigenvalue weighted by molar-refractivity contribution is 0.0488. The maximum Gasteiger partial charge on any atom is 0.343 e. The van der Waals surface area contributed by atoms with Crippen LogP contribution in [0.15, 0.2) is 30.6 Å². The fourth-order valence-electron chi connectivity index (χ4n) is 3.55. The van der Waals surface area contributed by atoms with Gasteiger partial charge in [-0.3, -0.25) is 0 Å². The number of benzene rings is 1. The molecule has 1 atom stereocenters. The highest BCUT2D eigenvalue weighted by molar-refractivity contribution is 5.95. The van der Waals surface area contributed by atoms with Crippen LogP contribution >= 0.6 is 0 Å². The molecule has 30 heavy (non-hydrogen) atoms. The van der Waals surface area contributed by atoms with Crippen LogP contribution in [-0.2, 0) is 11.3 Å². The van der Waals surface area contributed by atoms with Crippen molar-refractivity contribution >= 4 is 28.8 Å². The lowest BCUT2D eigenvalue weighted by Crippen LogP contribution is -2.35. The van der Waals surface area contributed by atoms with Crippen LogP contribution < -0.4 is 9.80 Å². The average Bonchev–Trinajstić information content (AvgIpc) is 3.18. The summed E-state index contributed by atoms with van der Waals surface area (Å²) in [6.07, 6.45) is 3.16. The van der Waals surface area contributed by atoms with Gasteiger partial charge >= 0.3 is 5.97 Å². The van der Waals surface area contributed by atoms with Crippen molar-refractivity contribution in [2.24, 2.45) is 0 Å². The summed E-state index contributed by atoms with van der Waals surface area (Å²) in [5.74, 6) is -0.461. The van der Waals surface area contributed by atoms with Crippen molar-refractivity contribution in [1.29, 1.82) is 0 Å².